The molecule has 1 atom stereocenters. The molecule has 0 spiro atoms. The molecular formula is C27H22N4O3. The Kier molecular flexibility index (Phi) is 5.90. The Bertz CT molecular complexity index is 1310. The third kappa shape index (κ3) is 4.59. The number of nitrogens with zero attached hydrogens (tertiary/aromatic N) is 3. The third-order valence-electron chi connectivity index (χ3n) is 5.49. The van der Waals surface area contributed by atoms with Gasteiger partial charge in [0.1, 0.15) is 17.2 Å². The Morgan fingerprint density at radius 1 is 0.912 bits per heavy atom. The topological polar surface area (TPSA) is 87.0 Å². The lowest BCUT2D eigenvalue weighted by Crippen LogP contribution is -2.31. The number of benzene rings is 3. The fraction of sp³-hybridized carbons (Fsp3) is 0.0741. The summed E-state index contributed by atoms with van der Waals surface area (Å²) in [5.74, 6) is 1.52. The number of aromatic hydroxyl groups is 1. The van der Waals surface area contributed by atoms with Gasteiger partial charge in [-0.05, 0) is 48.5 Å². The van der Waals surface area contributed by atoms with Gasteiger partial charge in [0.2, 0.25) is 0 Å². The summed E-state index contributed by atoms with van der Waals surface area (Å²) < 4.78 is 5.81. The van der Waals surface area contributed by atoms with Crippen LogP contribution in [0, 0.1) is 0 Å². The van der Waals surface area contributed by atoms with Gasteiger partial charge in [0.25, 0.3) is 0 Å². The lowest BCUT2D eigenvalue weighted by Gasteiger charge is -2.23. The molecule has 3 aromatic carbocycles. The summed E-state index contributed by atoms with van der Waals surface area (Å²) in [5, 5.41) is 19.3. The van der Waals surface area contributed by atoms with Crippen LogP contribution < -0.4 is 10.1 Å². The van der Waals surface area contributed by atoms with Gasteiger partial charge in [0, 0.05) is 35.6 Å². The van der Waals surface area contributed by atoms with Gasteiger partial charge in [0.05, 0.1) is 11.8 Å². The van der Waals surface area contributed by atoms with E-state index in [2.05, 4.69) is 15.4 Å². The number of aromatic nitrogens is 1. The number of rotatable bonds is 5. The monoisotopic (exact) mass is 450 g/mol. The van der Waals surface area contributed by atoms with Crippen LogP contribution in [-0.2, 0) is 0 Å². The maximum absolute atomic E-state index is 13.2. The maximum atomic E-state index is 13.2. The molecule has 1 aliphatic rings. The number of hydrogen-bond donors (Lipinski definition) is 2. The summed E-state index contributed by atoms with van der Waals surface area (Å²) in [6.07, 6.45) is 3.86. The quantitative estimate of drug-likeness (QED) is 0.393. The maximum Gasteiger partial charge on any atom is 0.342 e. The summed E-state index contributed by atoms with van der Waals surface area (Å²) in [5.41, 5.74) is 2.79. The Morgan fingerprint density at radius 2 is 1.65 bits per heavy atom. The summed E-state index contributed by atoms with van der Waals surface area (Å²) in [7, 11) is 0. The number of urea groups is 1. The minimum atomic E-state index is -0.447. The van der Waals surface area contributed by atoms with Crippen molar-refractivity contribution >= 4 is 17.4 Å². The van der Waals surface area contributed by atoms with Crippen LogP contribution in [0.1, 0.15) is 23.6 Å². The normalized spacial score (nSPS) is 15.0. The van der Waals surface area contributed by atoms with Gasteiger partial charge in [0.15, 0.2) is 0 Å². The molecule has 0 aliphatic carbocycles. The van der Waals surface area contributed by atoms with Crippen molar-refractivity contribution in [2.75, 3.05) is 5.32 Å². The van der Waals surface area contributed by atoms with Crippen molar-refractivity contribution in [3.63, 3.8) is 0 Å². The van der Waals surface area contributed by atoms with Crippen LogP contribution in [0.4, 0.5) is 10.5 Å². The molecule has 1 aliphatic heterocycles. The van der Waals surface area contributed by atoms with E-state index < -0.39 is 12.1 Å². The Labute approximate surface area is 197 Å². The van der Waals surface area contributed by atoms with E-state index in [1.165, 1.54) is 5.01 Å². The van der Waals surface area contributed by atoms with Crippen molar-refractivity contribution in [3.8, 4) is 17.2 Å². The van der Waals surface area contributed by atoms with Gasteiger partial charge in [-0.1, -0.05) is 42.5 Å². The molecule has 0 fully saturated rings. The first-order valence-electron chi connectivity index (χ1n) is 10.9. The predicted octanol–water partition coefficient (Wildman–Crippen LogP) is 5.96. The fourth-order valence-corrected chi connectivity index (χ4v) is 3.83. The molecule has 0 bridgehead atoms. The first kappa shape index (κ1) is 21.2. The second-order valence-corrected chi connectivity index (χ2v) is 7.78. The number of amides is 2. The zero-order valence-corrected chi connectivity index (χ0v) is 18.2. The number of para-hydroxylation sites is 2. The second kappa shape index (κ2) is 9.46. The van der Waals surface area contributed by atoms with E-state index in [-0.39, 0.29) is 5.75 Å². The molecule has 0 saturated heterocycles. The van der Waals surface area contributed by atoms with E-state index in [1.54, 1.807) is 54.9 Å². The van der Waals surface area contributed by atoms with E-state index in [4.69, 9.17) is 4.74 Å². The van der Waals surface area contributed by atoms with E-state index in [0.717, 1.165) is 17.0 Å². The molecule has 5 rings (SSSR count). The van der Waals surface area contributed by atoms with E-state index in [1.807, 2.05) is 48.5 Å². The SMILES string of the molecule is O=C(Nc1ccc(Oc2ccccc2)cc1)N1N=C(c2cccnc2)CC1c1ccccc1O. The minimum Gasteiger partial charge on any atom is -0.508 e. The standard InChI is InChI=1S/C27H22N4O3/c32-26-11-5-4-10-23(26)25-17-24(19-7-6-16-28-18-19)30-31(25)27(33)29-20-12-14-22(15-13-20)34-21-8-2-1-3-9-21/h1-16,18,25,32H,17H2,(H,29,33). The number of hydrazone groups is 1. The summed E-state index contributed by atoms with van der Waals surface area (Å²) in [6.45, 7) is 0. The Balaban J connectivity index is 1.36. The van der Waals surface area contributed by atoms with Gasteiger partial charge in [-0.2, -0.15) is 5.10 Å². The highest BCUT2D eigenvalue weighted by atomic mass is 16.5. The molecule has 1 aromatic heterocycles. The summed E-state index contributed by atoms with van der Waals surface area (Å²) in [4.78, 5) is 17.4. The molecule has 7 nitrogen and oxygen atoms in total. The highest BCUT2D eigenvalue weighted by Gasteiger charge is 2.34. The van der Waals surface area contributed by atoms with Crippen LogP contribution in [0.15, 0.2) is 108 Å². The number of ether oxygens (including phenoxy) is 1. The second-order valence-electron chi connectivity index (χ2n) is 7.78. The first-order chi connectivity index (χ1) is 16.7. The Hall–Kier alpha value is -4.65. The molecule has 2 amide bonds. The van der Waals surface area contributed by atoms with Crippen LogP contribution in [0.2, 0.25) is 0 Å². The van der Waals surface area contributed by atoms with Gasteiger partial charge in [-0.3, -0.25) is 4.98 Å². The van der Waals surface area contributed by atoms with Gasteiger partial charge >= 0.3 is 6.03 Å². The summed E-state index contributed by atoms with van der Waals surface area (Å²) in [6, 6.07) is 26.5. The largest absolute Gasteiger partial charge is 0.508 e. The van der Waals surface area contributed by atoms with E-state index >= 15 is 0 Å². The summed E-state index contributed by atoms with van der Waals surface area (Å²) >= 11 is 0. The number of nitrogens with one attached hydrogen (secondary N) is 1. The van der Waals surface area contributed by atoms with Crippen molar-refractivity contribution in [2.45, 2.75) is 12.5 Å². The Morgan fingerprint density at radius 3 is 2.38 bits per heavy atom. The highest BCUT2D eigenvalue weighted by molar-refractivity contribution is 6.04. The number of hydrogen-bond acceptors (Lipinski definition) is 5. The number of carbonyl (C=O) groups excluding carboxylic acids is 1. The van der Waals surface area contributed by atoms with Crippen LogP contribution in [0.5, 0.6) is 17.2 Å². The predicted molar refractivity (Wildman–Crippen MR) is 130 cm³/mol. The van der Waals surface area contributed by atoms with Crippen LogP contribution in [-0.4, -0.2) is 26.8 Å². The number of pyridine rings is 1. The van der Waals surface area contributed by atoms with Crippen LogP contribution in [0.3, 0.4) is 0 Å². The molecule has 7 heteroatoms. The zero-order valence-electron chi connectivity index (χ0n) is 18.2. The highest BCUT2D eigenvalue weighted by Crippen LogP contribution is 2.37. The van der Waals surface area contributed by atoms with Crippen molar-refractivity contribution in [1.82, 2.24) is 9.99 Å². The average Bonchev–Trinajstić information content (AvgIpc) is 3.32. The van der Waals surface area contributed by atoms with Crippen molar-refractivity contribution < 1.29 is 14.6 Å². The number of phenols is 1. The van der Waals surface area contributed by atoms with Crippen molar-refractivity contribution in [1.29, 1.82) is 0 Å². The van der Waals surface area contributed by atoms with Gasteiger partial charge in [-0.15, -0.1) is 0 Å². The molecular weight excluding hydrogens is 428 g/mol. The minimum absolute atomic E-state index is 0.121. The number of carbonyl (C=O) groups is 1. The third-order valence-corrected chi connectivity index (χ3v) is 5.49. The van der Waals surface area contributed by atoms with Gasteiger partial charge in [-0.25, -0.2) is 9.80 Å². The fourth-order valence-electron chi connectivity index (χ4n) is 3.83. The van der Waals surface area contributed by atoms with Gasteiger partial charge < -0.3 is 15.2 Å². The lowest BCUT2D eigenvalue weighted by molar-refractivity contribution is 0.199. The van der Waals surface area contributed by atoms with Crippen LogP contribution in [0.25, 0.3) is 0 Å². The molecule has 4 aromatic rings. The van der Waals surface area contributed by atoms with E-state index in [9.17, 15) is 9.90 Å². The zero-order chi connectivity index (χ0) is 23.3. The van der Waals surface area contributed by atoms with Crippen LogP contribution >= 0.6 is 0 Å². The van der Waals surface area contributed by atoms with Crippen molar-refractivity contribution in [2.24, 2.45) is 5.10 Å². The van der Waals surface area contributed by atoms with E-state index in [0.29, 0.717) is 23.4 Å². The molecule has 2 heterocycles. The first-order valence-corrected chi connectivity index (χ1v) is 10.9. The molecule has 2 N–H and O–H groups in total. The molecule has 0 radical (unpaired) electrons. The molecule has 0 saturated carbocycles. The smallest absolute Gasteiger partial charge is 0.342 e. The average molecular weight is 450 g/mol. The molecule has 168 valence electrons. The number of phenolic OH excluding ortho intramolecular Hbond substituents is 1. The number of anilines is 1. The molecule has 1 unspecified atom stereocenters. The molecule has 34 heavy (non-hydrogen) atoms. The van der Waals surface area contributed by atoms with Crippen molar-refractivity contribution in [3.05, 3.63) is 115 Å². The lowest BCUT2D eigenvalue weighted by atomic mass is 9.98.